The Balaban J connectivity index is 0.00000289. The number of halogens is 1. The van der Waals surface area contributed by atoms with Crippen LogP contribution in [0.15, 0.2) is 29.3 Å². The van der Waals surface area contributed by atoms with Crippen LogP contribution in [0.2, 0.25) is 0 Å². The quantitative estimate of drug-likeness (QED) is 0.466. The van der Waals surface area contributed by atoms with Crippen LogP contribution < -0.4 is 6.15 Å². The highest BCUT2D eigenvalue weighted by Gasteiger charge is 2.13. The first-order chi connectivity index (χ1) is 8.13. The van der Waals surface area contributed by atoms with Gasteiger partial charge in [0.2, 0.25) is 0 Å². The van der Waals surface area contributed by atoms with E-state index in [1.165, 1.54) is 0 Å². The third-order valence-corrected chi connectivity index (χ3v) is 2.42. The van der Waals surface area contributed by atoms with Gasteiger partial charge in [0.15, 0.2) is 0 Å². The Kier molecular flexibility index (Phi) is 7.58. The van der Waals surface area contributed by atoms with E-state index < -0.39 is 11.3 Å². The monoisotopic (exact) mass is 270 g/mol. The fourth-order valence-electron chi connectivity index (χ4n) is 1.24. The third kappa shape index (κ3) is 5.56. The average Bonchev–Trinajstić information content (AvgIpc) is 2.31. The van der Waals surface area contributed by atoms with E-state index in [0.717, 1.165) is 17.4 Å². The Morgan fingerprint density at radius 2 is 2.00 bits per heavy atom. The molecule has 18 heavy (non-hydrogen) atoms. The largest absolute Gasteiger partial charge is 0.480 e. The molecule has 0 heterocycles. The lowest BCUT2D eigenvalue weighted by molar-refractivity contribution is -0.136. The summed E-state index contributed by atoms with van der Waals surface area (Å²) in [4.78, 5) is 24.5. The highest BCUT2D eigenvalue weighted by Crippen LogP contribution is 2.09. The summed E-state index contributed by atoms with van der Waals surface area (Å²) in [6.07, 6.45) is 2.59. The Morgan fingerprint density at radius 3 is 2.50 bits per heavy atom. The molecule has 0 saturated carbocycles. The molecule has 0 bridgehead atoms. The van der Waals surface area contributed by atoms with E-state index in [2.05, 4.69) is 4.99 Å². The molecule has 1 unspecified atom stereocenters. The van der Waals surface area contributed by atoms with Gasteiger partial charge in [-0.25, -0.2) is 0 Å². The Labute approximate surface area is 110 Å². The van der Waals surface area contributed by atoms with Crippen molar-refractivity contribution >= 4 is 30.1 Å². The minimum absolute atomic E-state index is 0. The van der Waals surface area contributed by atoms with E-state index in [4.69, 9.17) is 16.7 Å². The van der Waals surface area contributed by atoms with Crippen LogP contribution in [0.5, 0.6) is 0 Å². The molecule has 98 valence electrons. The molecule has 1 atom stereocenters. The summed E-state index contributed by atoms with van der Waals surface area (Å²) in [6, 6.07) is 7.19. The van der Waals surface area contributed by atoms with Crippen molar-refractivity contribution in [2.45, 2.75) is 11.8 Å². The number of benzene rings is 1. The van der Waals surface area contributed by atoms with Gasteiger partial charge in [-0.2, -0.15) is 0 Å². The molecular formula is C12H15ClN2O3. The first-order valence-electron chi connectivity index (χ1n) is 5.02. The van der Waals surface area contributed by atoms with Crippen molar-refractivity contribution < 1.29 is 14.7 Å². The zero-order chi connectivity index (χ0) is 12.7. The standard InChI is InChI=1S/C12H12ClNO3.H3N/c13-11(12(16)17)7-9-1-3-10(4-2-9)8-14-5-6-15;/h1-4,6,8,11H,5,7H2,(H,16,17);1H3. The van der Waals surface area contributed by atoms with Crippen molar-refractivity contribution in [3.05, 3.63) is 35.4 Å². The van der Waals surface area contributed by atoms with Gasteiger partial charge in [-0.3, -0.25) is 9.79 Å². The van der Waals surface area contributed by atoms with Crippen molar-refractivity contribution in [1.29, 1.82) is 0 Å². The van der Waals surface area contributed by atoms with E-state index in [0.29, 0.717) is 0 Å². The molecule has 1 aromatic rings. The summed E-state index contributed by atoms with van der Waals surface area (Å²) < 4.78 is 0. The number of carboxylic acids is 1. The number of carboxylic acid groups (broad SMARTS) is 1. The molecule has 5 nitrogen and oxygen atoms in total. The van der Waals surface area contributed by atoms with E-state index in [1.54, 1.807) is 30.5 Å². The molecule has 0 amide bonds. The smallest absolute Gasteiger partial charge is 0.321 e. The number of hydrogen-bond donors (Lipinski definition) is 2. The molecule has 0 fully saturated rings. The summed E-state index contributed by atoms with van der Waals surface area (Å²) in [6.45, 7) is 0.143. The number of aliphatic carboxylic acids is 1. The second-order valence-corrected chi connectivity index (χ2v) is 3.94. The number of carbonyl (C=O) groups excluding carboxylic acids is 1. The highest BCUT2D eigenvalue weighted by atomic mass is 35.5. The summed E-state index contributed by atoms with van der Waals surface area (Å²) in [5.74, 6) is -1.02. The molecule has 4 N–H and O–H groups in total. The van der Waals surface area contributed by atoms with E-state index in [-0.39, 0.29) is 19.1 Å². The molecule has 1 rings (SSSR count). The lowest BCUT2D eigenvalue weighted by Gasteiger charge is -2.04. The van der Waals surface area contributed by atoms with Crippen molar-refractivity contribution in [2.75, 3.05) is 6.54 Å². The molecule has 0 aliphatic heterocycles. The number of hydrogen-bond acceptors (Lipinski definition) is 4. The predicted molar refractivity (Wildman–Crippen MR) is 71.0 cm³/mol. The fourth-order valence-corrected chi connectivity index (χ4v) is 1.41. The average molecular weight is 271 g/mol. The molecule has 0 saturated heterocycles. The van der Waals surface area contributed by atoms with Crippen LogP contribution in [0, 0.1) is 0 Å². The van der Waals surface area contributed by atoms with Gasteiger partial charge in [0.1, 0.15) is 11.7 Å². The van der Waals surface area contributed by atoms with Crippen LogP contribution in [-0.2, 0) is 16.0 Å². The number of alkyl halides is 1. The van der Waals surface area contributed by atoms with Crippen LogP contribution in [0.1, 0.15) is 11.1 Å². The van der Waals surface area contributed by atoms with Crippen LogP contribution >= 0.6 is 11.6 Å². The van der Waals surface area contributed by atoms with E-state index in [9.17, 15) is 9.59 Å². The normalized spacial score (nSPS) is 11.8. The maximum Gasteiger partial charge on any atom is 0.321 e. The van der Waals surface area contributed by atoms with Gasteiger partial charge >= 0.3 is 5.97 Å². The Morgan fingerprint density at radius 1 is 1.39 bits per heavy atom. The Hall–Kier alpha value is -1.72. The Bertz CT molecular complexity index is 418. The summed E-state index contributed by atoms with van der Waals surface area (Å²) in [7, 11) is 0. The van der Waals surface area contributed by atoms with Crippen LogP contribution in [0.4, 0.5) is 0 Å². The molecule has 0 spiro atoms. The number of rotatable bonds is 6. The molecule has 0 aliphatic carbocycles. The maximum atomic E-state index is 10.6. The predicted octanol–water partition coefficient (Wildman–Crippen LogP) is 1.70. The minimum Gasteiger partial charge on any atom is -0.480 e. The van der Waals surface area contributed by atoms with Gasteiger partial charge in [0.25, 0.3) is 0 Å². The van der Waals surface area contributed by atoms with E-state index in [1.807, 2.05) is 0 Å². The van der Waals surface area contributed by atoms with Crippen molar-refractivity contribution in [3.63, 3.8) is 0 Å². The molecule has 0 aliphatic rings. The molecule has 0 aromatic heterocycles. The first-order valence-corrected chi connectivity index (χ1v) is 5.46. The van der Waals surface area contributed by atoms with Crippen molar-refractivity contribution in [2.24, 2.45) is 4.99 Å². The minimum atomic E-state index is -1.02. The van der Waals surface area contributed by atoms with Crippen molar-refractivity contribution in [3.8, 4) is 0 Å². The number of aldehydes is 1. The lowest BCUT2D eigenvalue weighted by atomic mass is 10.1. The SMILES string of the molecule is N.O=CCN=Cc1ccc(CC(Cl)C(=O)O)cc1. The van der Waals surface area contributed by atoms with Gasteiger partial charge < -0.3 is 16.1 Å². The van der Waals surface area contributed by atoms with Gasteiger partial charge in [0, 0.05) is 6.21 Å². The molecule has 1 aromatic carbocycles. The zero-order valence-corrected chi connectivity index (χ0v) is 10.5. The molecule has 0 radical (unpaired) electrons. The lowest BCUT2D eigenvalue weighted by Crippen LogP contribution is -2.15. The topological polar surface area (TPSA) is 102 Å². The van der Waals surface area contributed by atoms with Gasteiger partial charge in [0.05, 0.1) is 6.54 Å². The zero-order valence-electron chi connectivity index (χ0n) is 9.75. The number of nitrogens with zero attached hydrogens (tertiary/aromatic N) is 1. The second-order valence-electron chi connectivity index (χ2n) is 3.41. The van der Waals surface area contributed by atoms with Gasteiger partial charge in [-0.05, 0) is 17.5 Å². The number of aliphatic imine (C=N–C) groups is 1. The van der Waals surface area contributed by atoms with Crippen LogP contribution in [-0.4, -0.2) is 35.5 Å². The van der Waals surface area contributed by atoms with Crippen LogP contribution in [0.3, 0.4) is 0 Å². The number of carbonyl (C=O) groups is 2. The van der Waals surface area contributed by atoms with Gasteiger partial charge in [-0.1, -0.05) is 24.3 Å². The first kappa shape index (κ1) is 16.3. The summed E-state index contributed by atoms with van der Waals surface area (Å²) >= 11 is 5.63. The third-order valence-electron chi connectivity index (χ3n) is 2.08. The summed E-state index contributed by atoms with van der Waals surface area (Å²) in [5, 5.41) is 7.74. The second kappa shape index (κ2) is 8.38. The van der Waals surface area contributed by atoms with E-state index >= 15 is 0 Å². The molecular weight excluding hydrogens is 256 g/mol. The summed E-state index contributed by atoms with van der Waals surface area (Å²) in [5.41, 5.74) is 1.71. The van der Waals surface area contributed by atoms with Crippen LogP contribution in [0.25, 0.3) is 0 Å². The highest BCUT2D eigenvalue weighted by molar-refractivity contribution is 6.29. The van der Waals surface area contributed by atoms with Gasteiger partial charge in [-0.15, -0.1) is 11.6 Å². The fraction of sp³-hybridized carbons (Fsp3) is 0.250. The maximum absolute atomic E-state index is 10.6. The van der Waals surface area contributed by atoms with Crippen molar-refractivity contribution in [1.82, 2.24) is 6.15 Å². The molecule has 6 heteroatoms.